The van der Waals surface area contributed by atoms with E-state index in [1.165, 1.54) is 69.4 Å². The minimum absolute atomic E-state index is 0.00377. The smallest absolute Gasteiger partial charge is 0.271 e. The molecule has 0 spiro atoms. The lowest BCUT2D eigenvalue weighted by Crippen LogP contribution is -2.18. The molecule has 4 aromatic heterocycles. The lowest BCUT2D eigenvalue weighted by Gasteiger charge is -2.09. The average molecular weight is 1430 g/mol. The normalized spacial score (nSPS) is 11.4. The van der Waals surface area contributed by atoms with Crippen LogP contribution in [-0.2, 0) is 46.5 Å². The molecule has 4 heterocycles. The number of carbonyl (C=O) groups is 3. The molecule has 0 atom stereocenters. The predicted octanol–water partition coefficient (Wildman–Crippen LogP) is 9.09. The summed E-state index contributed by atoms with van der Waals surface area (Å²) in [4.78, 5) is 35.6. The summed E-state index contributed by atoms with van der Waals surface area (Å²) in [7, 11) is -10.3. The summed E-state index contributed by atoms with van der Waals surface area (Å²) in [5.74, 6) is 0.773. The first-order valence-electron chi connectivity index (χ1n) is 30.0. The number of Topliss-reactive ketones (excluding diaryl/α,β-unsaturated/α-hetero) is 2. The number of nitrogens with one attached hydrogen (secondary N) is 1. The molecule has 0 saturated carbocycles. The molecule has 0 unspecified atom stereocenters. The Hall–Kier alpha value is -11.4. The van der Waals surface area contributed by atoms with E-state index in [1.54, 1.807) is 107 Å². The van der Waals surface area contributed by atoms with Gasteiger partial charge in [-0.05, 0) is 176 Å². The molecule has 0 aliphatic carbocycles. The summed E-state index contributed by atoms with van der Waals surface area (Å²) in [5, 5.41) is 40.7. The summed E-state index contributed by atoms with van der Waals surface area (Å²) in [5.41, 5.74) is 11.1. The monoisotopic (exact) mass is 1430 g/mol. The van der Waals surface area contributed by atoms with Gasteiger partial charge in [0, 0.05) is 43.1 Å². The molecule has 1 amide bonds. The minimum atomic E-state index is -3.79. The zero-order chi connectivity index (χ0) is 72.3. The number of aromatic nitrogens is 8. The number of benzene rings is 8. The third kappa shape index (κ3) is 17.9. The van der Waals surface area contributed by atoms with Crippen LogP contribution >= 0.6 is 0 Å². The van der Waals surface area contributed by atoms with Crippen LogP contribution in [0.1, 0.15) is 57.9 Å². The second-order valence-electron chi connectivity index (χ2n) is 21.8. The van der Waals surface area contributed by atoms with Gasteiger partial charge >= 0.3 is 0 Å². The van der Waals surface area contributed by atoms with Crippen molar-refractivity contribution >= 4 is 57.6 Å². The van der Waals surface area contributed by atoms with Crippen molar-refractivity contribution in [2.45, 2.75) is 46.8 Å². The van der Waals surface area contributed by atoms with Gasteiger partial charge in [0.2, 0.25) is 40.1 Å². The van der Waals surface area contributed by atoms with Gasteiger partial charge in [-0.2, -0.15) is 20.4 Å². The van der Waals surface area contributed by atoms with Crippen molar-refractivity contribution in [3.8, 4) is 79.3 Å². The number of hydrogen-bond donors (Lipinski definition) is 5. The summed E-state index contributed by atoms with van der Waals surface area (Å²) in [6.45, 7) is 4.94. The quantitative estimate of drug-likeness (QED) is 0.0500. The summed E-state index contributed by atoms with van der Waals surface area (Å²) >= 11 is 0. The topological polar surface area (TPSA) is 394 Å². The summed E-state index contributed by atoms with van der Waals surface area (Å²) < 4.78 is 108. The van der Waals surface area contributed by atoms with Crippen molar-refractivity contribution in [2.75, 3.05) is 21.3 Å². The molecule has 9 N–H and O–H groups in total. The van der Waals surface area contributed by atoms with Gasteiger partial charge in [-0.3, -0.25) is 14.4 Å². The summed E-state index contributed by atoms with van der Waals surface area (Å²) in [6.07, 6.45) is 0.822. The molecule has 0 bridgehead atoms. The van der Waals surface area contributed by atoms with Crippen LogP contribution in [0.15, 0.2) is 250 Å². The Morgan fingerprint density at radius 1 is 0.370 bits per heavy atom. The average Bonchev–Trinajstić information content (AvgIpc) is 1.65. The first-order valence-corrected chi connectivity index (χ1v) is 36.2. The first kappa shape index (κ1) is 72.9. The molecule has 0 aliphatic rings. The molecular formula is C70H67N13O13S4. The van der Waals surface area contributed by atoms with Crippen molar-refractivity contribution in [3.05, 3.63) is 253 Å². The van der Waals surface area contributed by atoms with Crippen LogP contribution in [0.3, 0.4) is 0 Å². The number of rotatable bonds is 18. The number of hydrogen-bond acceptors (Lipinski definition) is 17. The van der Waals surface area contributed by atoms with E-state index in [2.05, 4.69) is 25.7 Å². The van der Waals surface area contributed by atoms with Gasteiger partial charge in [-0.1, -0.05) is 67.6 Å². The van der Waals surface area contributed by atoms with Gasteiger partial charge < -0.3 is 14.8 Å². The van der Waals surface area contributed by atoms with E-state index in [4.69, 9.17) is 30.0 Å². The van der Waals surface area contributed by atoms with Crippen LogP contribution in [0.25, 0.3) is 67.8 Å². The fraction of sp³-hybridized carbons (Fsp3) is 0.100. The number of carbonyl (C=O) groups excluding carboxylic acids is 3. The molecule has 100 heavy (non-hydrogen) atoms. The van der Waals surface area contributed by atoms with Gasteiger partial charge in [-0.25, -0.2) is 73.0 Å². The fourth-order valence-corrected chi connectivity index (χ4v) is 11.9. The van der Waals surface area contributed by atoms with Gasteiger partial charge in [0.1, 0.15) is 22.9 Å². The highest BCUT2D eigenvalue weighted by molar-refractivity contribution is 7.90. The van der Waals surface area contributed by atoms with Crippen molar-refractivity contribution in [1.82, 2.24) is 44.4 Å². The highest BCUT2D eigenvalue weighted by Crippen LogP contribution is 2.31. The number of nitrogens with two attached hydrogens (primary N) is 4. The van der Waals surface area contributed by atoms with Crippen molar-refractivity contribution in [2.24, 2.45) is 20.6 Å². The number of methoxy groups -OCH3 is 2. The zero-order valence-corrected chi connectivity index (χ0v) is 57.7. The maximum Gasteiger partial charge on any atom is 0.271 e. The Morgan fingerprint density at radius 2 is 0.630 bits per heavy atom. The van der Waals surface area contributed by atoms with Gasteiger partial charge in [0.05, 0.1) is 85.0 Å². The Morgan fingerprint density at radius 3 is 0.890 bits per heavy atom. The highest BCUT2D eigenvalue weighted by Gasteiger charge is 2.21. The maximum absolute atomic E-state index is 12.0. The molecule has 8 aromatic carbocycles. The highest BCUT2D eigenvalue weighted by atomic mass is 32.2. The fourth-order valence-electron chi connectivity index (χ4n) is 9.79. The Bertz CT molecular complexity index is 5380. The second kappa shape index (κ2) is 31.0. The molecule has 514 valence electrons. The molecule has 26 nitrogen and oxygen atoms in total. The molecule has 0 saturated heterocycles. The van der Waals surface area contributed by atoms with Crippen LogP contribution in [0.4, 0.5) is 0 Å². The van der Waals surface area contributed by atoms with E-state index in [9.17, 15) is 48.1 Å². The standard InChI is InChI=1S/C18H18N4O4S.C18H17N3O4S.C17H15N3O3S.C17H17N3O2S/c1-20-18(23)16-11-17(12-3-7-14(26-2)8-4-12)22(21-16)13-5-9-15(10-6-13)27(19,24)25;1-12(22)17-11-18(13-3-7-15(25-2)8-4-13)21(20-17)14-5-9-16(10-6-14)26(19,23)24;1-12(21)16-11-17(13-5-3-2-4-6-13)20(19-16)14-7-9-15(10-8-14)24(18,22)23;1-2-14-12-17(13-6-4-3-5-7-13)20(19-14)15-8-10-16(11-9-15)23(18,21)22/h3-11H,1-2H3,(H,20,23)(H2,19,24,25);3-11H,1-2H3,(H2,19,23,24);2-11H,1H3,(H2,18,22,23);3-12H,2H2,1H3,(H2,18,21,22). The molecule has 0 fully saturated rings. The molecule has 0 radical (unpaired) electrons. The number of ketones is 2. The van der Waals surface area contributed by atoms with Gasteiger partial charge in [0.25, 0.3) is 5.91 Å². The predicted molar refractivity (Wildman–Crippen MR) is 377 cm³/mol. The zero-order valence-electron chi connectivity index (χ0n) is 54.5. The molecular weight excluding hydrogens is 1360 g/mol. The number of sulfonamides is 4. The molecule has 0 aliphatic heterocycles. The lowest BCUT2D eigenvalue weighted by molar-refractivity contribution is 0.0955. The lowest BCUT2D eigenvalue weighted by atomic mass is 10.1. The van der Waals surface area contributed by atoms with Crippen LogP contribution in [-0.4, -0.2) is 112 Å². The van der Waals surface area contributed by atoms with E-state index in [0.717, 1.165) is 51.4 Å². The van der Waals surface area contributed by atoms with Crippen molar-refractivity contribution in [3.63, 3.8) is 0 Å². The Balaban J connectivity index is 0.000000156. The Kier molecular flexibility index (Phi) is 22.6. The van der Waals surface area contributed by atoms with Crippen LogP contribution < -0.4 is 35.3 Å². The number of ether oxygens (including phenoxy) is 2. The van der Waals surface area contributed by atoms with Crippen molar-refractivity contribution < 1.29 is 57.5 Å². The molecule has 12 aromatic rings. The van der Waals surface area contributed by atoms with Gasteiger partial charge in [0.15, 0.2) is 17.3 Å². The van der Waals surface area contributed by atoms with Crippen LogP contribution in [0.5, 0.6) is 11.5 Å². The Labute approximate surface area is 577 Å². The minimum Gasteiger partial charge on any atom is -0.497 e. The number of nitrogens with zero attached hydrogens (tertiary/aromatic N) is 8. The van der Waals surface area contributed by atoms with E-state index in [-0.39, 0.29) is 42.7 Å². The van der Waals surface area contributed by atoms with E-state index in [0.29, 0.717) is 51.3 Å². The number of primary sulfonamides is 4. The largest absolute Gasteiger partial charge is 0.497 e. The SMILES string of the molecule is CC(=O)c1cc(-c2ccccc2)n(-c2ccc(S(N)(=O)=O)cc2)n1.CCc1cc(-c2ccccc2)n(-c2ccc(S(N)(=O)=O)cc2)n1.CNC(=O)c1cc(-c2ccc(OC)cc2)n(-c2ccc(S(N)(=O)=O)cc2)n1.COc1ccc(-c2cc(C(C)=O)nn2-c2ccc(S(N)(=O)=O)cc2)cc1. The van der Waals surface area contributed by atoms with E-state index < -0.39 is 40.1 Å². The third-order valence-electron chi connectivity index (χ3n) is 15.0. The second-order valence-corrected chi connectivity index (χ2v) is 28.0. The number of aryl methyl sites for hydroxylation is 1. The number of amides is 1. The van der Waals surface area contributed by atoms with Crippen LogP contribution in [0, 0.1) is 0 Å². The van der Waals surface area contributed by atoms with Gasteiger partial charge in [-0.15, -0.1) is 0 Å². The first-order chi connectivity index (χ1) is 47.5. The summed E-state index contributed by atoms with van der Waals surface area (Å²) in [6, 6.07) is 65.5. The van der Waals surface area contributed by atoms with Crippen molar-refractivity contribution in [1.29, 1.82) is 0 Å². The third-order valence-corrected chi connectivity index (χ3v) is 18.7. The molecule has 30 heteroatoms. The van der Waals surface area contributed by atoms with E-state index in [1.807, 2.05) is 115 Å². The van der Waals surface area contributed by atoms with E-state index >= 15 is 0 Å². The molecule has 12 rings (SSSR count). The maximum atomic E-state index is 12.0. The van der Waals surface area contributed by atoms with Crippen LogP contribution in [0.2, 0.25) is 0 Å².